The van der Waals surface area contributed by atoms with E-state index in [0.29, 0.717) is 16.9 Å². The van der Waals surface area contributed by atoms with E-state index in [1.807, 2.05) is 13.8 Å². The number of hydrogen-bond donors (Lipinski definition) is 3. The molecule has 0 radical (unpaired) electrons. The van der Waals surface area contributed by atoms with Gasteiger partial charge in [0.1, 0.15) is 5.75 Å². The molecule has 4 rings (SSSR count). The summed E-state index contributed by atoms with van der Waals surface area (Å²) in [6.45, 7) is 3.52. The first-order valence-corrected chi connectivity index (χ1v) is 10.9. The fourth-order valence-electron chi connectivity index (χ4n) is 3.27. The van der Waals surface area contributed by atoms with Gasteiger partial charge in [-0.3, -0.25) is 14.6 Å². The molecule has 0 atom stereocenters. The van der Waals surface area contributed by atoms with Gasteiger partial charge in [-0.15, -0.1) is 0 Å². The Balaban J connectivity index is 1.46. The monoisotopic (exact) mass is 494 g/mol. The number of hydrogen-bond acceptors (Lipinski definition) is 6. The van der Waals surface area contributed by atoms with E-state index in [9.17, 15) is 18.7 Å². The van der Waals surface area contributed by atoms with E-state index >= 15 is 0 Å². The highest BCUT2D eigenvalue weighted by Crippen LogP contribution is 2.31. The molecule has 3 heterocycles. The number of rotatable bonds is 7. The predicted molar refractivity (Wildman–Crippen MR) is 130 cm³/mol. The number of aromatic nitrogens is 4. The summed E-state index contributed by atoms with van der Waals surface area (Å²) >= 11 is 0. The highest BCUT2D eigenvalue weighted by molar-refractivity contribution is 5.99. The first-order chi connectivity index (χ1) is 17.2. The Morgan fingerprint density at radius 1 is 1.11 bits per heavy atom. The quantitative estimate of drug-likeness (QED) is 0.338. The van der Waals surface area contributed by atoms with E-state index in [-0.39, 0.29) is 23.8 Å². The van der Waals surface area contributed by atoms with Crippen LogP contribution in [0, 0.1) is 11.6 Å². The first-order valence-electron chi connectivity index (χ1n) is 10.9. The van der Waals surface area contributed by atoms with Crippen LogP contribution in [0.25, 0.3) is 11.3 Å². The molecule has 0 aliphatic rings. The second-order valence-corrected chi connectivity index (χ2v) is 8.70. The zero-order valence-electron chi connectivity index (χ0n) is 19.8. The van der Waals surface area contributed by atoms with Gasteiger partial charge in [-0.2, -0.15) is 9.49 Å². The highest BCUT2D eigenvalue weighted by Gasteiger charge is 2.21. The van der Waals surface area contributed by atoms with Crippen LogP contribution in [-0.2, 0) is 12.5 Å². The van der Waals surface area contributed by atoms with Crippen LogP contribution in [0.5, 0.6) is 11.5 Å². The molecule has 3 N–H and O–H groups in total. The first kappa shape index (κ1) is 24.7. The van der Waals surface area contributed by atoms with Crippen molar-refractivity contribution in [2.75, 3.05) is 17.2 Å². The van der Waals surface area contributed by atoms with Crippen LogP contribution >= 0.6 is 0 Å². The van der Waals surface area contributed by atoms with Gasteiger partial charge in [0, 0.05) is 42.7 Å². The second-order valence-electron chi connectivity index (χ2n) is 8.70. The normalized spacial score (nSPS) is 11.3. The fraction of sp³-hybridized carbons (Fsp3) is 0.200. The van der Waals surface area contributed by atoms with Gasteiger partial charge >= 0.3 is 6.03 Å². The molecule has 0 fully saturated rings. The van der Waals surface area contributed by atoms with Gasteiger partial charge < -0.3 is 20.5 Å². The lowest BCUT2D eigenvalue weighted by atomic mass is 9.87. The van der Waals surface area contributed by atoms with Gasteiger partial charge in [0.25, 0.3) is 0 Å². The Bertz CT molecular complexity index is 1410. The molecule has 11 heteroatoms. The number of nitrogens with one attached hydrogen (secondary N) is 2. The lowest BCUT2D eigenvalue weighted by molar-refractivity contribution is 0.218. The molecule has 36 heavy (non-hydrogen) atoms. The van der Waals surface area contributed by atoms with Gasteiger partial charge in [0.15, 0.2) is 11.6 Å². The molecule has 3 aromatic heterocycles. The van der Waals surface area contributed by atoms with Crippen molar-refractivity contribution in [2.24, 2.45) is 7.05 Å². The van der Waals surface area contributed by atoms with Gasteiger partial charge in [-0.25, -0.2) is 9.18 Å². The van der Waals surface area contributed by atoms with E-state index in [2.05, 4.69) is 25.7 Å². The number of ether oxygens (including phenoxy) is 1. The van der Waals surface area contributed by atoms with Crippen molar-refractivity contribution in [3.05, 3.63) is 78.5 Å². The number of anilines is 2. The zero-order valence-corrected chi connectivity index (χ0v) is 19.8. The van der Waals surface area contributed by atoms with Gasteiger partial charge in [-0.1, -0.05) is 13.8 Å². The molecule has 186 valence electrons. The van der Waals surface area contributed by atoms with Crippen LogP contribution in [0.3, 0.4) is 0 Å². The summed E-state index contributed by atoms with van der Waals surface area (Å²) in [6, 6.07) is 6.35. The number of carbonyl (C=O) groups is 1. The number of urea groups is 1. The summed E-state index contributed by atoms with van der Waals surface area (Å²) in [6.07, 6.45) is 7.85. The average molecular weight is 495 g/mol. The van der Waals surface area contributed by atoms with Crippen molar-refractivity contribution in [3.63, 3.8) is 0 Å². The fourth-order valence-corrected chi connectivity index (χ4v) is 3.27. The third kappa shape index (κ3) is 5.47. The molecule has 0 aliphatic heterocycles. The highest BCUT2D eigenvalue weighted by atomic mass is 19.2. The number of amides is 2. The minimum Gasteiger partial charge on any atom is -0.454 e. The number of benzene rings is 1. The molecule has 0 unspecified atom stereocenters. The summed E-state index contributed by atoms with van der Waals surface area (Å²) in [4.78, 5) is 20.7. The zero-order chi connectivity index (χ0) is 25.9. The molecule has 1 aromatic carbocycles. The van der Waals surface area contributed by atoms with E-state index in [4.69, 9.17) is 4.74 Å². The van der Waals surface area contributed by atoms with Crippen LogP contribution in [0.4, 0.5) is 25.0 Å². The minimum absolute atomic E-state index is 0.118. The maximum Gasteiger partial charge on any atom is 0.323 e. The largest absolute Gasteiger partial charge is 0.454 e. The van der Waals surface area contributed by atoms with E-state index in [1.165, 1.54) is 30.6 Å². The molecule has 4 aromatic rings. The van der Waals surface area contributed by atoms with Crippen LogP contribution in [-0.4, -0.2) is 37.5 Å². The topological polar surface area (TPSA) is 114 Å². The number of aliphatic hydroxyl groups excluding tert-OH is 1. The van der Waals surface area contributed by atoms with Gasteiger partial charge in [-0.05, 0) is 29.8 Å². The lowest BCUT2D eigenvalue weighted by Crippen LogP contribution is -2.24. The Morgan fingerprint density at radius 2 is 1.92 bits per heavy atom. The lowest BCUT2D eigenvalue weighted by Gasteiger charge is -2.22. The molecule has 9 nitrogen and oxygen atoms in total. The summed E-state index contributed by atoms with van der Waals surface area (Å²) in [5.74, 6) is -2.65. The van der Waals surface area contributed by atoms with E-state index in [0.717, 1.165) is 5.56 Å². The minimum atomic E-state index is -1.28. The van der Waals surface area contributed by atoms with Crippen molar-refractivity contribution < 1.29 is 23.4 Å². The van der Waals surface area contributed by atoms with E-state index < -0.39 is 23.1 Å². The molecular formula is C25H24F2N6O3. The van der Waals surface area contributed by atoms with Crippen LogP contribution in [0.15, 0.2) is 61.3 Å². The number of aryl methyl sites for hydroxylation is 1. The Hall–Kier alpha value is -4.38. The number of halogens is 2. The SMILES string of the molecule is Cn1cc(-c2cc(Oc3ccc(NC(=O)Nc4cncc(C(C)(C)CO)c4)c(F)c3F)ccn2)cn1. The average Bonchev–Trinajstić information content (AvgIpc) is 3.30. The Labute approximate surface area is 205 Å². The predicted octanol–water partition coefficient (Wildman–Crippen LogP) is 4.86. The van der Waals surface area contributed by atoms with Crippen molar-refractivity contribution in [1.82, 2.24) is 19.7 Å². The Morgan fingerprint density at radius 3 is 2.64 bits per heavy atom. The Kier molecular flexibility index (Phi) is 6.93. The third-order valence-electron chi connectivity index (χ3n) is 5.43. The van der Waals surface area contributed by atoms with E-state index in [1.54, 1.807) is 42.5 Å². The van der Waals surface area contributed by atoms with Gasteiger partial charge in [0.05, 0.1) is 36.1 Å². The molecule has 0 saturated heterocycles. The molecule has 0 spiro atoms. The van der Waals surface area contributed by atoms with Crippen LogP contribution in [0.2, 0.25) is 0 Å². The maximum atomic E-state index is 14.7. The molecular weight excluding hydrogens is 470 g/mol. The maximum absolute atomic E-state index is 14.7. The third-order valence-corrected chi connectivity index (χ3v) is 5.43. The van der Waals surface area contributed by atoms with Crippen molar-refractivity contribution >= 4 is 17.4 Å². The van der Waals surface area contributed by atoms with Crippen LogP contribution < -0.4 is 15.4 Å². The van der Waals surface area contributed by atoms with Crippen LogP contribution in [0.1, 0.15) is 19.4 Å². The molecule has 0 bridgehead atoms. The number of aliphatic hydroxyl groups is 1. The second kappa shape index (κ2) is 10.1. The van der Waals surface area contributed by atoms with Gasteiger partial charge in [0.2, 0.25) is 5.82 Å². The number of pyridine rings is 2. The number of carbonyl (C=O) groups excluding carboxylic acids is 1. The summed E-state index contributed by atoms with van der Waals surface area (Å²) in [5.41, 5.74) is 1.37. The van der Waals surface area contributed by atoms with Crippen molar-refractivity contribution in [2.45, 2.75) is 19.3 Å². The van der Waals surface area contributed by atoms with Crippen molar-refractivity contribution in [1.29, 1.82) is 0 Å². The summed E-state index contributed by atoms with van der Waals surface area (Å²) < 4.78 is 36.6. The summed E-state index contributed by atoms with van der Waals surface area (Å²) in [7, 11) is 1.77. The smallest absolute Gasteiger partial charge is 0.323 e. The molecule has 0 aliphatic carbocycles. The summed E-state index contributed by atoms with van der Waals surface area (Å²) in [5, 5.41) is 18.4. The number of nitrogens with zero attached hydrogens (tertiary/aromatic N) is 4. The molecule has 0 saturated carbocycles. The van der Waals surface area contributed by atoms with Crippen molar-refractivity contribution in [3.8, 4) is 22.8 Å². The standard InChI is InChI=1S/C25H24F2N6O3/c1-25(2,14-34)16-8-17(12-28-11-16)31-24(35)32-19-4-5-21(23(27)22(19)26)36-18-6-7-29-20(9-18)15-10-30-33(3)13-15/h4-13,34H,14H2,1-3H3,(H2,31,32,35). The molecule has 2 amide bonds.